The summed E-state index contributed by atoms with van der Waals surface area (Å²) in [6.07, 6.45) is -1.56. The van der Waals surface area contributed by atoms with Crippen molar-refractivity contribution >= 4 is 29.1 Å². The minimum atomic E-state index is -1.24. The molecule has 1 aromatic heterocycles. The SMILES string of the molecule is CCCSc1nc(N[C@@H]2C[C@H]2c2ccc(F)c(F)c2)c2c(n1)N(C1C[C@H](O)[C@@H](O)[C@H]1O)NN2C. The van der Waals surface area contributed by atoms with E-state index >= 15 is 0 Å². The van der Waals surface area contributed by atoms with Gasteiger partial charge in [-0.05, 0) is 30.5 Å². The molecule has 1 aromatic carbocycles. The van der Waals surface area contributed by atoms with Crippen molar-refractivity contribution in [2.75, 3.05) is 28.1 Å². The van der Waals surface area contributed by atoms with Gasteiger partial charge in [0.15, 0.2) is 28.4 Å². The highest BCUT2D eigenvalue weighted by atomic mass is 32.2. The number of benzene rings is 1. The van der Waals surface area contributed by atoms with Crippen molar-refractivity contribution in [1.29, 1.82) is 0 Å². The summed E-state index contributed by atoms with van der Waals surface area (Å²) in [4.78, 5) is 9.43. The first-order chi connectivity index (χ1) is 16.3. The van der Waals surface area contributed by atoms with E-state index in [0.717, 1.165) is 30.2 Å². The number of aromatic nitrogens is 2. The normalized spacial score (nSPS) is 30.1. The van der Waals surface area contributed by atoms with E-state index < -0.39 is 36.0 Å². The number of thioether (sulfide) groups is 1. The van der Waals surface area contributed by atoms with Gasteiger partial charge in [-0.15, -0.1) is 5.53 Å². The maximum Gasteiger partial charge on any atom is 0.191 e. The molecule has 34 heavy (non-hydrogen) atoms. The Balaban J connectivity index is 1.44. The van der Waals surface area contributed by atoms with Crippen LogP contribution in [-0.4, -0.2) is 68.5 Å². The third-order valence-corrected chi connectivity index (χ3v) is 7.59. The summed E-state index contributed by atoms with van der Waals surface area (Å²) in [5, 5.41) is 38.0. The van der Waals surface area contributed by atoms with Gasteiger partial charge in [0.2, 0.25) is 0 Å². The Bertz CT molecular complexity index is 1080. The minimum Gasteiger partial charge on any atom is -0.390 e. The average molecular weight is 495 g/mol. The quantitative estimate of drug-likeness (QED) is 0.288. The standard InChI is InChI=1S/C22H28F2N6O3S/c1-3-6-34-22-26-20(25-14-8-11(14)10-4-5-12(23)13(24)7-10)17-21(27-22)30(28-29(17)2)15-9-16(31)19(33)18(15)32/h4-5,7,11,14-16,18-19,28,31-33H,3,6,8-9H2,1-2H3,(H,25,26,27)/t11-,14+,15?,16-,18-,19+/m0/s1. The third-order valence-electron chi connectivity index (χ3n) is 6.54. The van der Waals surface area contributed by atoms with Gasteiger partial charge in [0.25, 0.3) is 0 Å². The molecule has 6 atom stereocenters. The Morgan fingerprint density at radius 1 is 1.15 bits per heavy atom. The molecule has 1 aliphatic heterocycles. The van der Waals surface area contributed by atoms with E-state index in [1.165, 1.54) is 17.8 Å². The van der Waals surface area contributed by atoms with Gasteiger partial charge in [-0.2, -0.15) is 0 Å². The molecule has 0 radical (unpaired) electrons. The molecule has 0 saturated heterocycles. The zero-order valence-corrected chi connectivity index (χ0v) is 19.6. The van der Waals surface area contributed by atoms with Crippen molar-refractivity contribution in [3.63, 3.8) is 0 Å². The van der Waals surface area contributed by atoms with Gasteiger partial charge in [0.05, 0.1) is 12.1 Å². The van der Waals surface area contributed by atoms with E-state index in [2.05, 4.69) is 17.8 Å². The Labute approximate surface area is 200 Å². The molecule has 3 aliphatic rings. The zero-order valence-electron chi connectivity index (χ0n) is 18.8. The molecule has 2 saturated carbocycles. The molecule has 1 unspecified atom stereocenters. The van der Waals surface area contributed by atoms with Crippen LogP contribution in [0.25, 0.3) is 0 Å². The molecule has 2 aromatic rings. The van der Waals surface area contributed by atoms with Gasteiger partial charge in [0, 0.05) is 31.2 Å². The first-order valence-electron chi connectivity index (χ1n) is 11.4. The first-order valence-corrected chi connectivity index (χ1v) is 12.4. The number of nitrogens with one attached hydrogen (secondary N) is 2. The fourth-order valence-corrected chi connectivity index (χ4v) is 5.32. The summed E-state index contributed by atoms with van der Waals surface area (Å²) in [6, 6.07) is 3.40. The Morgan fingerprint density at radius 3 is 2.62 bits per heavy atom. The molecule has 2 aliphatic carbocycles. The summed E-state index contributed by atoms with van der Waals surface area (Å²) >= 11 is 1.51. The third kappa shape index (κ3) is 4.17. The smallest absolute Gasteiger partial charge is 0.191 e. The lowest BCUT2D eigenvalue weighted by Gasteiger charge is -2.28. The fraction of sp³-hybridized carbons (Fsp3) is 0.545. The highest BCUT2D eigenvalue weighted by Crippen LogP contribution is 2.47. The van der Waals surface area contributed by atoms with Crippen molar-refractivity contribution in [1.82, 2.24) is 15.5 Å². The lowest BCUT2D eigenvalue weighted by atomic mass is 10.1. The van der Waals surface area contributed by atoms with E-state index in [1.807, 2.05) is 0 Å². The number of hydrazine groups is 2. The molecule has 184 valence electrons. The van der Waals surface area contributed by atoms with E-state index in [9.17, 15) is 24.1 Å². The number of fused-ring (bicyclic) bond motifs is 1. The molecule has 5 rings (SSSR count). The molecule has 9 nitrogen and oxygen atoms in total. The van der Waals surface area contributed by atoms with Crippen LogP contribution >= 0.6 is 11.8 Å². The lowest BCUT2D eigenvalue weighted by molar-refractivity contribution is -0.0212. The van der Waals surface area contributed by atoms with Crippen molar-refractivity contribution < 1.29 is 24.1 Å². The summed E-state index contributed by atoms with van der Waals surface area (Å²) in [6.45, 7) is 2.06. The minimum absolute atomic E-state index is 0.00366. The molecular weight excluding hydrogens is 466 g/mol. The second-order valence-electron chi connectivity index (χ2n) is 9.02. The van der Waals surface area contributed by atoms with E-state index in [4.69, 9.17) is 9.97 Å². The Morgan fingerprint density at radius 2 is 1.94 bits per heavy atom. The number of anilines is 3. The van der Waals surface area contributed by atoms with Crippen LogP contribution in [0.5, 0.6) is 0 Å². The molecule has 2 fully saturated rings. The predicted molar refractivity (Wildman–Crippen MR) is 125 cm³/mol. The molecular formula is C22H28F2N6O3S. The largest absolute Gasteiger partial charge is 0.390 e. The summed E-state index contributed by atoms with van der Waals surface area (Å²) < 4.78 is 27.0. The van der Waals surface area contributed by atoms with Crippen LogP contribution in [0.2, 0.25) is 0 Å². The number of hydrogen-bond acceptors (Lipinski definition) is 10. The number of nitrogens with zero attached hydrogens (tertiary/aromatic N) is 4. The molecule has 12 heteroatoms. The second kappa shape index (κ2) is 9.08. The van der Waals surface area contributed by atoms with Gasteiger partial charge in [-0.3, -0.25) is 10.0 Å². The predicted octanol–water partition coefficient (Wildman–Crippen LogP) is 1.76. The Kier molecular flexibility index (Phi) is 6.27. The van der Waals surface area contributed by atoms with Crippen LogP contribution < -0.4 is 20.9 Å². The number of hydrogen-bond donors (Lipinski definition) is 5. The van der Waals surface area contributed by atoms with Crippen LogP contribution in [-0.2, 0) is 0 Å². The molecule has 0 amide bonds. The number of rotatable bonds is 7. The Hall–Kier alpha value is -2.25. The second-order valence-corrected chi connectivity index (χ2v) is 10.1. The highest BCUT2D eigenvalue weighted by Gasteiger charge is 2.48. The number of aliphatic hydroxyl groups is 3. The van der Waals surface area contributed by atoms with Crippen molar-refractivity contribution in [3.05, 3.63) is 35.4 Å². The van der Waals surface area contributed by atoms with E-state index in [0.29, 0.717) is 22.5 Å². The van der Waals surface area contributed by atoms with E-state index in [-0.39, 0.29) is 18.4 Å². The summed E-state index contributed by atoms with van der Waals surface area (Å²) in [7, 11) is 1.79. The van der Waals surface area contributed by atoms with Gasteiger partial charge in [0.1, 0.15) is 17.9 Å². The van der Waals surface area contributed by atoms with Gasteiger partial charge >= 0.3 is 0 Å². The van der Waals surface area contributed by atoms with Gasteiger partial charge < -0.3 is 20.6 Å². The van der Waals surface area contributed by atoms with Gasteiger partial charge in [-0.1, -0.05) is 24.8 Å². The monoisotopic (exact) mass is 494 g/mol. The number of aliphatic hydroxyl groups excluding tert-OH is 3. The van der Waals surface area contributed by atoms with Crippen LogP contribution in [0.4, 0.5) is 26.1 Å². The van der Waals surface area contributed by atoms with Crippen LogP contribution in [0.3, 0.4) is 0 Å². The highest BCUT2D eigenvalue weighted by molar-refractivity contribution is 7.99. The van der Waals surface area contributed by atoms with Crippen molar-refractivity contribution in [2.45, 2.75) is 67.7 Å². The van der Waals surface area contributed by atoms with E-state index in [1.54, 1.807) is 23.1 Å². The first kappa shape index (κ1) is 23.5. The van der Waals surface area contributed by atoms with Crippen molar-refractivity contribution in [3.8, 4) is 0 Å². The molecule has 5 N–H and O–H groups in total. The molecule has 0 spiro atoms. The van der Waals surface area contributed by atoms with Crippen molar-refractivity contribution in [2.24, 2.45) is 0 Å². The summed E-state index contributed by atoms with van der Waals surface area (Å²) in [5.41, 5.74) is 4.54. The average Bonchev–Trinajstić information content (AvgIpc) is 3.43. The lowest BCUT2D eigenvalue weighted by Crippen LogP contribution is -2.52. The molecule has 0 bridgehead atoms. The number of halogens is 2. The van der Waals surface area contributed by atoms with Crippen LogP contribution in [0.15, 0.2) is 23.4 Å². The summed E-state index contributed by atoms with van der Waals surface area (Å²) in [5.74, 6) is 0.260. The topological polar surface area (TPSA) is 117 Å². The molecule has 2 heterocycles. The van der Waals surface area contributed by atoms with Gasteiger partial charge in [-0.25, -0.2) is 18.7 Å². The fourth-order valence-electron chi connectivity index (χ4n) is 4.63. The maximum absolute atomic E-state index is 13.7. The maximum atomic E-state index is 13.7. The van der Waals surface area contributed by atoms with Crippen LogP contribution in [0.1, 0.15) is 37.7 Å². The zero-order chi connectivity index (χ0) is 24.1. The van der Waals surface area contributed by atoms with Crippen LogP contribution in [0, 0.1) is 11.6 Å².